The van der Waals surface area contributed by atoms with Crippen LogP contribution in [0.3, 0.4) is 0 Å². The fourth-order valence-corrected chi connectivity index (χ4v) is 3.40. The first-order valence-electron chi connectivity index (χ1n) is 7.32. The van der Waals surface area contributed by atoms with Gasteiger partial charge in [-0.2, -0.15) is 0 Å². The van der Waals surface area contributed by atoms with E-state index in [2.05, 4.69) is 11.8 Å². The number of nitrogens with zero attached hydrogens (tertiary/aromatic N) is 1. The first kappa shape index (κ1) is 14.2. The van der Waals surface area contributed by atoms with Gasteiger partial charge in [0.2, 0.25) is 5.91 Å². The molecule has 1 aromatic rings. The van der Waals surface area contributed by atoms with Gasteiger partial charge in [-0.25, -0.2) is 0 Å². The summed E-state index contributed by atoms with van der Waals surface area (Å²) in [6.07, 6.45) is 5.10. The SMILES string of the molecule is CC(C1CC1)N(C(=O)Cc1c(Cl)cccc1Cl)C1CC1. The van der Waals surface area contributed by atoms with E-state index in [9.17, 15) is 4.79 Å². The van der Waals surface area contributed by atoms with Crippen LogP contribution in [0.5, 0.6) is 0 Å². The zero-order valence-corrected chi connectivity index (χ0v) is 13.1. The third-order valence-electron chi connectivity index (χ3n) is 4.36. The van der Waals surface area contributed by atoms with E-state index in [1.807, 2.05) is 6.07 Å². The van der Waals surface area contributed by atoms with Crippen LogP contribution in [0.25, 0.3) is 0 Å². The molecule has 2 aliphatic rings. The van der Waals surface area contributed by atoms with Crippen LogP contribution in [0.4, 0.5) is 0 Å². The zero-order chi connectivity index (χ0) is 14.3. The van der Waals surface area contributed by atoms with Gasteiger partial charge in [-0.05, 0) is 56.2 Å². The van der Waals surface area contributed by atoms with Gasteiger partial charge in [-0.15, -0.1) is 0 Å². The smallest absolute Gasteiger partial charge is 0.227 e. The Balaban J connectivity index is 1.76. The Morgan fingerprint density at radius 1 is 1.25 bits per heavy atom. The van der Waals surface area contributed by atoms with Crippen LogP contribution in [0, 0.1) is 5.92 Å². The van der Waals surface area contributed by atoms with E-state index in [0.717, 1.165) is 18.4 Å². The molecule has 2 nitrogen and oxygen atoms in total. The van der Waals surface area contributed by atoms with E-state index < -0.39 is 0 Å². The molecule has 108 valence electrons. The fourth-order valence-electron chi connectivity index (χ4n) is 2.87. The zero-order valence-electron chi connectivity index (χ0n) is 11.6. The second kappa shape index (κ2) is 5.57. The van der Waals surface area contributed by atoms with Gasteiger partial charge in [0.05, 0.1) is 6.42 Å². The summed E-state index contributed by atoms with van der Waals surface area (Å²) in [5.74, 6) is 0.864. The molecule has 1 atom stereocenters. The minimum atomic E-state index is 0.168. The maximum atomic E-state index is 12.7. The van der Waals surface area contributed by atoms with Crippen molar-refractivity contribution in [2.75, 3.05) is 0 Å². The van der Waals surface area contributed by atoms with Crippen LogP contribution in [-0.2, 0) is 11.2 Å². The Hall–Kier alpha value is -0.730. The van der Waals surface area contributed by atoms with Crippen LogP contribution in [-0.4, -0.2) is 22.9 Å². The van der Waals surface area contributed by atoms with Crippen molar-refractivity contribution in [2.45, 2.75) is 51.1 Å². The average Bonchev–Trinajstić information content (AvgIpc) is 3.27. The number of halogens is 2. The largest absolute Gasteiger partial charge is 0.336 e. The highest BCUT2D eigenvalue weighted by molar-refractivity contribution is 6.36. The van der Waals surface area contributed by atoms with E-state index in [1.165, 1.54) is 12.8 Å². The van der Waals surface area contributed by atoms with E-state index in [1.54, 1.807) is 12.1 Å². The number of hydrogen-bond donors (Lipinski definition) is 0. The highest BCUT2D eigenvalue weighted by Gasteiger charge is 2.41. The molecule has 0 heterocycles. The molecule has 2 saturated carbocycles. The lowest BCUT2D eigenvalue weighted by Gasteiger charge is -2.30. The van der Waals surface area contributed by atoms with Gasteiger partial charge in [0.25, 0.3) is 0 Å². The van der Waals surface area contributed by atoms with E-state index in [4.69, 9.17) is 23.2 Å². The highest BCUT2D eigenvalue weighted by Crippen LogP contribution is 2.40. The summed E-state index contributed by atoms with van der Waals surface area (Å²) < 4.78 is 0. The molecule has 3 rings (SSSR count). The number of amides is 1. The predicted molar refractivity (Wildman–Crippen MR) is 82.2 cm³/mol. The van der Waals surface area contributed by atoms with Crippen molar-refractivity contribution in [3.63, 3.8) is 0 Å². The molecule has 1 aromatic carbocycles. The van der Waals surface area contributed by atoms with Crippen LogP contribution in [0.2, 0.25) is 10.0 Å². The van der Waals surface area contributed by atoms with Crippen LogP contribution < -0.4 is 0 Å². The molecule has 0 aromatic heterocycles. The molecule has 0 N–H and O–H groups in total. The molecule has 0 aliphatic heterocycles. The van der Waals surface area contributed by atoms with Crippen molar-refractivity contribution in [3.05, 3.63) is 33.8 Å². The second-order valence-corrected chi connectivity index (χ2v) is 6.80. The Morgan fingerprint density at radius 2 is 1.85 bits per heavy atom. The monoisotopic (exact) mass is 311 g/mol. The molecule has 0 bridgehead atoms. The van der Waals surface area contributed by atoms with Crippen molar-refractivity contribution >= 4 is 29.1 Å². The maximum absolute atomic E-state index is 12.7. The quantitative estimate of drug-likeness (QED) is 0.792. The number of carbonyl (C=O) groups is 1. The summed E-state index contributed by atoms with van der Waals surface area (Å²) in [6, 6.07) is 6.20. The van der Waals surface area contributed by atoms with Crippen LogP contribution in [0.1, 0.15) is 38.2 Å². The topological polar surface area (TPSA) is 20.3 Å². The van der Waals surface area contributed by atoms with Gasteiger partial charge < -0.3 is 4.90 Å². The molecule has 1 amide bonds. The molecule has 20 heavy (non-hydrogen) atoms. The summed E-state index contributed by atoms with van der Waals surface area (Å²) >= 11 is 12.3. The lowest BCUT2D eigenvalue weighted by molar-refractivity contribution is -0.133. The van der Waals surface area contributed by atoms with Gasteiger partial charge >= 0.3 is 0 Å². The van der Waals surface area contributed by atoms with Gasteiger partial charge in [-0.1, -0.05) is 29.3 Å². The first-order valence-corrected chi connectivity index (χ1v) is 8.07. The lowest BCUT2D eigenvalue weighted by Crippen LogP contribution is -2.42. The summed E-state index contributed by atoms with van der Waals surface area (Å²) in [5, 5.41) is 1.17. The van der Waals surface area contributed by atoms with E-state index >= 15 is 0 Å². The summed E-state index contributed by atoms with van der Waals surface area (Å²) in [7, 11) is 0. The van der Waals surface area contributed by atoms with Crippen molar-refractivity contribution in [1.29, 1.82) is 0 Å². The molecular formula is C16H19Cl2NO. The predicted octanol–water partition coefficient (Wildman–Crippen LogP) is 4.33. The summed E-state index contributed by atoms with van der Waals surface area (Å²) in [6.45, 7) is 2.18. The fraction of sp³-hybridized carbons (Fsp3) is 0.562. The van der Waals surface area contributed by atoms with Gasteiger partial charge in [-0.3, -0.25) is 4.79 Å². The highest BCUT2D eigenvalue weighted by atomic mass is 35.5. The standard InChI is InChI=1S/C16H19Cl2NO/c1-10(11-5-6-11)19(12-7-8-12)16(20)9-13-14(17)3-2-4-15(13)18/h2-4,10-12H,5-9H2,1H3. The van der Waals surface area contributed by atoms with Crippen molar-refractivity contribution in [1.82, 2.24) is 4.90 Å². The van der Waals surface area contributed by atoms with Crippen LogP contribution >= 0.6 is 23.2 Å². The third-order valence-corrected chi connectivity index (χ3v) is 5.07. The second-order valence-electron chi connectivity index (χ2n) is 5.99. The van der Waals surface area contributed by atoms with Crippen LogP contribution in [0.15, 0.2) is 18.2 Å². The van der Waals surface area contributed by atoms with Crippen molar-refractivity contribution < 1.29 is 4.79 Å². The first-order chi connectivity index (χ1) is 9.58. The third kappa shape index (κ3) is 2.96. The molecule has 2 aliphatic carbocycles. The summed E-state index contributed by atoms with van der Waals surface area (Å²) in [5.41, 5.74) is 0.759. The van der Waals surface area contributed by atoms with Gasteiger partial charge in [0, 0.05) is 22.1 Å². The number of carbonyl (C=O) groups excluding carboxylic acids is 1. The lowest BCUT2D eigenvalue weighted by atomic mass is 10.1. The number of rotatable bonds is 5. The Kier molecular flexibility index (Phi) is 3.96. The minimum Gasteiger partial charge on any atom is -0.336 e. The van der Waals surface area contributed by atoms with Crippen molar-refractivity contribution in [2.24, 2.45) is 5.92 Å². The van der Waals surface area contributed by atoms with E-state index in [0.29, 0.717) is 34.5 Å². The number of hydrogen-bond acceptors (Lipinski definition) is 1. The average molecular weight is 312 g/mol. The summed E-state index contributed by atoms with van der Waals surface area (Å²) in [4.78, 5) is 14.8. The molecule has 0 spiro atoms. The van der Waals surface area contributed by atoms with Crippen molar-refractivity contribution in [3.8, 4) is 0 Å². The Bertz CT molecular complexity index is 503. The normalized spacial score (nSPS) is 19.8. The van der Waals surface area contributed by atoms with Gasteiger partial charge in [0.1, 0.15) is 0 Å². The Labute approximate surface area is 130 Å². The molecule has 0 saturated heterocycles. The molecule has 2 fully saturated rings. The molecule has 1 unspecified atom stereocenters. The number of benzene rings is 1. The molecule has 4 heteroatoms. The van der Waals surface area contributed by atoms with E-state index in [-0.39, 0.29) is 5.91 Å². The maximum Gasteiger partial charge on any atom is 0.227 e. The Morgan fingerprint density at radius 3 is 2.35 bits per heavy atom. The molecular weight excluding hydrogens is 293 g/mol. The van der Waals surface area contributed by atoms with Gasteiger partial charge in [0.15, 0.2) is 0 Å². The molecule has 0 radical (unpaired) electrons. The minimum absolute atomic E-state index is 0.168.